The largest absolute Gasteiger partial charge is 0.383 e. The molecule has 154 valence electrons. The topological polar surface area (TPSA) is 53.5 Å². The molecule has 6 nitrogen and oxygen atoms in total. The standard InChI is InChI=1S/C23H31N5O/c1-18(21-15-25-23(26-16-21)24-10-14-29-2)27-12-8-22(9-13-27)28-11-7-19-5-3-4-6-20(19)17-28/h3-6,15-16,22H,1,7-14,17H2,2H3,(H,24,25,26). The number of piperidine rings is 1. The summed E-state index contributed by atoms with van der Waals surface area (Å²) in [5, 5.41) is 3.14. The highest BCUT2D eigenvalue weighted by Gasteiger charge is 2.27. The molecular formula is C23H31N5O. The predicted molar refractivity (Wildman–Crippen MR) is 117 cm³/mol. The van der Waals surface area contributed by atoms with E-state index in [1.165, 1.54) is 36.9 Å². The number of rotatable bonds is 7. The lowest BCUT2D eigenvalue weighted by atomic mass is 9.95. The molecule has 1 aromatic carbocycles. The number of benzene rings is 1. The maximum absolute atomic E-state index is 5.03. The lowest BCUT2D eigenvalue weighted by Crippen LogP contribution is -2.46. The summed E-state index contributed by atoms with van der Waals surface area (Å²) in [4.78, 5) is 13.9. The summed E-state index contributed by atoms with van der Waals surface area (Å²) in [6, 6.07) is 9.54. The van der Waals surface area contributed by atoms with Crippen LogP contribution in [0, 0.1) is 0 Å². The lowest BCUT2D eigenvalue weighted by Gasteiger charge is -2.41. The first-order valence-electron chi connectivity index (χ1n) is 10.5. The van der Waals surface area contributed by atoms with Crippen LogP contribution in [0.15, 0.2) is 43.2 Å². The van der Waals surface area contributed by atoms with E-state index in [2.05, 4.69) is 55.9 Å². The van der Waals surface area contributed by atoms with E-state index in [0.29, 0.717) is 25.1 Å². The van der Waals surface area contributed by atoms with Crippen molar-refractivity contribution < 1.29 is 4.74 Å². The van der Waals surface area contributed by atoms with Gasteiger partial charge in [0.25, 0.3) is 0 Å². The van der Waals surface area contributed by atoms with Crippen molar-refractivity contribution in [2.24, 2.45) is 0 Å². The van der Waals surface area contributed by atoms with Gasteiger partial charge in [-0.25, -0.2) is 9.97 Å². The highest BCUT2D eigenvalue weighted by atomic mass is 16.5. The molecule has 0 radical (unpaired) electrons. The van der Waals surface area contributed by atoms with Crippen LogP contribution in [0.2, 0.25) is 0 Å². The fraction of sp³-hybridized carbons (Fsp3) is 0.478. The van der Waals surface area contributed by atoms with Crippen LogP contribution in [0.5, 0.6) is 0 Å². The van der Waals surface area contributed by atoms with Crippen molar-refractivity contribution in [1.82, 2.24) is 19.8 Å². The van der Waals surface area contributed by atoms with Crippen molar-refractivity contribution in [2.45, 2.75) is 31.8 Å². The minimum absolute atomic E-state index is 0.627. The van der Waals surface area contributed by atoms with Crippen molar-refractivity contribution in [3.63, 3.8) is 0 Å². The van der Waals surface area contributed by atoms with Gasteiger partial charge >= 0.3 is 0 Å². The van der Waals surface area contributed by atoms with Gasteiger partial charge in [-0.05, 0) is 30.4 Å². The molecule has 0 bridgehead atoms. The molecule has 1 fully saturated rings. The highest BCUT2D eigenvalue weighted by Crippen LogP contribution is 2.27. The van der Waals surface area contributed by atoms with Crippen LogP contribution in [0.1, 0.15) is 29.5 Å². The number of anilines is 1. The summed E-state index contributed by atoms with van der Waals surface area (Å²) in [5.74, 6) is 0.627. The lowest BCUT2D eigenvalue weighted by molar-refractivity contribution is 0.120. The molecule has 4 rings (SSSR count). The van der Waals surface area contributed by atoms with Crippen molar-refractivity contribution in [3.05, 3.63) is 59.9 Å². The number of ether oxygens (including phenoxy) is 1. The Balaban J connectivity index is 1.29. The first kappa shape index (κ1) is 19.9. The Morgan fingerprint density at radius 1 is 1.14 bits per heavy atom. The number of aromatic nitrogens is 2. The van der Waals surface area contributed by atoms with E-state index in [0.717, 1.165) is 30.9 Å². The predicted octanol–water partition coefficient (Wildman–Crippen LogP) is 3.03. The second kappa shape index (κ2) is 9.37. The number of nitrogens with one attached hydrogen (secondary N) is 1. The molecule has 0 saturated carbocycles. The number of fused-ring (bicyclic) bond motifs is 1. The molecule has 2 aliphatic heterocycles. The number of likely N-dealkylation sites (tertiary alicyclic amines) is 1. The fourth-order valence-electron chi connectivity index (χ4n) is 4.35. The molecule has 0 atom stereocenters. The zero-order valence-electron chi connectivity index (χ0n) is 17.3. The molecule has 29 heavy (non-hydrogen) atoms. The van der Waals surface area contributed by atoms with E-state index < -0.39 is 0 Å². The van der Waals surface area contributed by atoms with Crippen LogP contribution in [-0.2, 0) is 17.7 Å². The zero-order chi connectivity index (χ0) is 20.1. The van der Waals surface area contributed by atoms with E-state index >= 15 is 0 Å². The van der Waals surface area contributed by atoms with Crippen molar-refractivity contribution in [1.29, 1.82) is 0 Å². The summed E-state index contributed by atoms with van der Waals surface area (Å²) in [6.07, 6.45) is 7.25. The van der Waals surface area contributed by atoms with Gasteiger partial charge in [-0.2, -0.15) is 0 Å². The third kappa shape index (κ3) is 4.77. The molecule has 0 unspecified atom stereocenters. The second-order valence-corrected chi connectivity index (χ2v) is 7.87. The Morgan fingerprint density at radius 2 is 1.86 bits per heavy atom. The molecule has 2 aromatic rings. The Hall–Kier alpha value is -2.44. The first-order chi connectivity index (χ1) is 14.2. The van der Waals surface area contributed by atoms with Gasteiger partial charge < -0.3 is 15.0 Å². The van der Waals surface area contributed by atoms with Gasteiger partial charge in [0, 0.05) is 69.5 Å². The van der Waals surface area contributed by atoms with Crippen molar-refractivity contribution in [2.75, 3.05) is 45.2 Å². The summed E-state index contributed by atoms with van der Waals surface area (Å²) < 4.78 is 5.03. The summed E-state index contributed by atoms with van der Waals surface area (Å²) in [5.41, 5.74) is 5.04. The van der Waals surface area contributed by atoms with Crippen LogP contribution in [0.3, 0.4) is 0 Å². The quantitative estimate of drug-likeness (QED) is 0.730. The minimum atomic E-state index is 0.627. The van der Waals surface area contributed by atoms with Crippen LogP contribution in [0.25, 0.3) is 5.70 Å². The molecule has 0 aliphatic carbocycles. The summed E-state index contributed by atoms with van der Waals surface area (Å²) in [6.45, 7) is 9.99. The molecule has 0 amide bonds. The average Bonchev–Trinajstić information content (AvgIpc) is 2.79. The van der Waals surface area contributed by atoms with Crippen molar-refractivity contribution in [3.8, 4) is 0 Å². The van der Waals surface area contributed by atoms with E-state index in [1.54, 1.807) is 7.11 Å². The third-order valence-corrected chi connectivity index (χ3v) is 6.10. The van der Waals surface area contributed by atoms with Gasteiger partial charge in [0.1, 0.15) is 0 Å². The zero-order valence-corrected chi connectivity index (χ0v) is 17.3. The maximum atomic E-state index is 5.03. The number of hydrogen-bond donors (Lipinski definition) is 1. The molecule has 1 N–H and O–H groups in total. The monoisotopic (exact) mass is 393 g/mol. The average molecular weight is 394 g/mol. The first-order valence-corrected chi connectivity index (χ1v) is 10.5. The van der Waals surface area contributed by atoms with Crippen LogP contribution >= 0.6 is 0 Å². The van der Waals surface area contributed by atoms with Gasteiger partial charge in [0.15, 0.2) is 0 Å². The minimum Gasteiger partial charge on any atom is -0.383 e. The van der Waals surface area contributed by atoms with Gasteiger partial charge in [-0.1, -0.05) is 30.8 Å². The summed E-state index contributed by atoms with van der Waals surface area (Å²) >= 11 is 0. The van der Waals surface area contributed by atoms with Crippen LogP contribution < -0.4 is 5.32 Å². The van der Waals surface area contributed by atoms with Gasteiger partial charge in [-0.15, -0.1) is 0 Å². The molecule has 3 heterocycles. The Morgan fingerprint density at radius 3 is 2.59 bits per heavy atom. The van der Waals surface area contributed by atoms with Crippen LogP contribution in [0.4, 0.5) is 5.95 Å². The van der Waals surface area contributed by atoms with E-state index in [9.17, 15) is 0 Å². The SMILES string of the molecule is C=C(c1cnc(NCCOC)nc1)N1CCC(N2CCc3ccccc3C2)CC1. The summed E-state index contributed by atoms with van der Waals surface area (Å²) in [7, 11) is 1.68. The smallest absolute Gasteiger partial charge is 0.222 e. The molecule has 6 heteroatoms. The fourth-order valence-corrected chi connectivity index (χ4v) is 4.35. The van der Waals surface area contributed by atoms with Gasteiger partial charge in [0.2, 0.25) is 5.95 Å². The van der Waals surface area contributed by atoms with E-state index in [-0.39, 0.29) is 0 Å². The number of hydrogen-bond acceptors (Lipinski definition) is 6. The Kier molecular flexibility index (Phi) is 6.42. The normalized spacial score (nSPS) is 17.8. The Bertz CT molecular complexity index is 814. The maximum Gasteiger partial charge on any atom is 0.222 e. The van der Waals surface area contributed by atoms with Crippen molar-refractivity contribution >= 4 is 11.6 Å². The van der Waals surface area contributed by atoms with Gasteiger partial charge in [0.05, 0.1) is 6.61 Å². The Labute approximate surface area is 173 Å². The van der Waals surface area contributed by atoms with E-state index in [4.69, 9.17) is 4.74 Å². The number of methoxy groups -OCH3 is 1. The molecular weight excluding hydrogens is 362 g/mol. The molecule has 2 aliphatic rings. The second-order valence-electron chi connectivity index (χ2n) is 7.87. The molecule has 0 spiro atoms. The molecule has 1 saturated heterocycles. The molecule has 1 aromatic heterocycles. The van der Waals surface area contributed by atoms with Crippen LogP contribution in [-0.4, -0.2) is 65.7 Å². The van der Waals surface area contributed by atoms with E-state index in [1.807, 2.05) is 12.4 Å². The number of nitrogens with zero attached hydrogens (tertiary/aromatic N) is 4. The highest BCUT2D eigenvalue weighted by molar-refractivity contribution is 5.60. The van der Waals surface area contributed by atoms with Gasteiger partial charge in [-0.3, -0.25) is 4.90 Å². The third-order valence-electron chi connectivity index (χ3n) is 6.10.